The molecule has 0 unspecified atom stereocenters. The number of hydrogen-bond donors (Lipinski definition) is 1. The summed E-state index contributed by atoms with van der Waals surface area (Å²) in [5.74, 6) is -0.117. The molecule has 5 heteroatoms. The molecule has 0 aliphatic carbocycles. The van der Waals surface area contributed by atoms with Crippen LogP contribution in [-0.4, -0.2) is 50.4 Å². The fourth-order valence-electron chi connectivity index (χ4n) is 4.94. The van der Waals surface area contributed by atoms with Gasteiger partial charge in [-0.15, -0.1) is 0 Å². The summed E-state index contributed by atoms with van der Waals surface area (Å²) in [6.45, 7) is 4.18. The molecule has 206 valence electrons. The largest absolute Gasteiger partial charge is 0.328 e. The molecular weight excluding hydrogens is 442 g/mol. The van der Waals surface area contributed by atoms with E-state index in [-0.39, 0.29) is 5.75 Å². The summed E-state index contributed by atoms with van der Waals surface area (Å²) in [5, 5.41) is 0. The Kier molecular flexibility index (Phi) is 23.2. The van der Waals surface area contributed by atoms with Crippen LogP contribution in [0, 0.1) is 0 Å². The lowest BCUT2D eigenvalue weighted by molar-refractivity contribution is -0.890. The molecule has 0 saturated heterocycles. The second-order valence-electron chi connectivity index (χ2n) is 11.4. The molecule has 0 atom stereocenters. The van der Waals surface area contributed by atoms with Gasteiger partial charge in [0.25, 0.3) is 10.1 Å². The van der Waals surface area contributed by atoms with Crippen LogP contribution in [0.3, 0.4) is 0 Å². The van der Waals surface area contributed by atoms with Crippen molar-refractivity contribution in [2.75, 3.05) is 32.9 Å². The Morgan fingerprint density at radius 2 is 0.735 bits per heavy atom. The zero-order valence-corrected chi connectivity index (χ0v) is 24.3. The van der Waals surface area contributed by atoms with Gasteiger partial charge in [-0.25, -0.2) is 0 Å². The van der Waals surface area contributed by atoms with E-state index in [2.05, 4.69) is 21.0 Å². The van der Waals surface area contributed by atoms with Gasteiger partial charge in [0.05, 0.1) is 32.9 Å². The maximum absolute atomic E-state index is 10.8. The summed E-state index contributed by atoms with van der Waals surface area (Å²) in [6.07, 6.45) is 31.5. The van der Waals surface area contributed by atoms with Crippen molar-refractivity contribution in [3.05, 3.63) is 0 Å². The predicted octanol–water partition coefficient (Wildman–Crippen LogP) is 8.94. The Labute approximate surface area is 215 Å². The Hall–Kier alpha value is -0.130. The highest BCUT2D eigenvalue weighted by molar-refractivity contribution is 7.85. The van der Waals surface area contributed by atoms with Crippen LogP contribution in [0.2, 0.25) is 0 Å². The Balaban J connectivity index is 3.23. The molecule has 0 heterocycles. The van der Waals surface area contributed by atoms with E-state index in [0.29, 0.717) is 6.42 Å². The molecule has 0 amide bonds. The second-order valence-corrected chi connectivity index (χ2v) is 13.0. The SMILES string of the molecule is CCCCCCCCCCCCCCCCCCCCCCCC[N+](C)(C)CCCS(=O)(=O)O. The van der Waals surface area contributed by atoms with Crippen LogP contribution in [0.1, 0.15) is 155 Å². The maximum atomic E-state index is 10.8. The van der Waals surface area contributed by atoms with Gasteiger partial charge in [-0.2, -0.15) is 8.42 Å². The minimum atomic E-state index is -3.81. The maximum Gasteiger partial charge on any atom is 0.265 e. The molecule has 0 radical (unpaired) electrons. The zero-order valence-electron chi connectivity index (χ0n) is 23.5. The van der Waals surface area contributed by atoms with E-state index in [9.17, 15) is 8.42 Å². The molecule has 0 aliphatic rings. The molecule has 34 heavy (non-hydrogen) atoms. The van der Waals surface area contributed by atoms with Crippen LogP contribution in [0.15, 0.2) is 0 Å². The van der Waals surface area contributed by atoms with Crippen LogP contribution >= 0.6 is 0 Å². The molecule has 0 spiro atoms. The number of rotatable bonds is 27. The van der Waals surface area contributed by atoms with Gasteiger partial charge in [0.1, 0.15) is 0 Å². The molecule has 0 fully saturated rings. The summed E-state index contributed by atoms with van der Waals surface area (Å²) >= 11 is 0. The number of quaternary nitrogens is 1. The minimum absolute atomic E-state index is 0.117. The van der Waals surface area contributed by atoms with Crippen molar-refractivity contribution in [3.8, 4) is 0 Å². The molecule has 0 aromatic heterocycles. The first-order valence-corrected chi connectivity index (χ1v) is 16.6. The van der Waals surface area contributed by atoms with Crippen LogP contribution in [0.4, 0.5) is 0 Å². The summed E-state index contributed by atoms with van der Waals surface area (Å²) in [7, 11) is 0.495. The molecule has 4 nitrogen and oxygen atoms in total. The average molecular weight is 505 g/mol. The third-order valence-corrected chi connectivity index (χ3v) is 8.09. The standard InChI is InChI=1S/C29H61NO3S/c1-4-5-6-7-8-9-10-11-12-13-14-15-16-17-18-19-20-21-22-23-24-25-27-30(2,3)28-26-29-34(31,32)33/h4-29H2,1-3H3/p+1. The molecule has 1 N–H and O–H groups in total. The normalized spacial score (nSPS) is 12.5. The van der Waals surface area contributed by atoms with E-state index in [1.54, 1.807) is 0 Å². The molecule has 0 aromatic rings. The summed E-state index contributed by atoms with van der Waals surface area (Å²) in [5.41, 5.74) is 0. The third-order valence-electron chi connectivity index (χ3n) is 7.28. The summed E-state index contributed by atoms with van der Waals surface area (Å²) in [4.78, 5) is 0. The highest BCUT2D eigenvalue weighted by Gasteiger charge is 2.16. The first-order chi connectivity index (χ1) is 16.3. The molecular formula is C29H62NO3S+. The average Bonchev–Trinajstić information content (AvgIpc) is 2.76. The molecule has 0 rings (SSSR count). The van der Waals surface area contributed by atoms with Crippen molar-refractivity contribution in [2.24, 2.45) is 0 Å². The molecule has 0 saturated carbocycles. The topological polar surface area (TPSA) is 54.4 Å². The lowest BCUT2D eigenvalue weighted by Crippen LogP contribution is -2.41. The number of hydrogen-bond acceptors (Lipinski definition) is 2. The lowest BCUT2D eigenvalue weighted by Gasteiger charge is -2.29. The fraction of sp³-hybridized carbons (Fsp3) is 1.00. The van der Waals surface area contributed by atoms with Crippen molar-refractivity contribution >= 4 is 10.1 Å². The smallest absolute Gasteiger partial charge is 0.265 e. The Morgan fingerprint density at radius 3 is 1.03 bits per heavy atom. The monoisotopic (exact) mass is 504 g/mol. The highest BCUT2D eigenvalue weighted by atomic mass is 32.2. The van der Waals surface area contributed by atoms with Gasteiger partial charge in [-0.1, -0.05) is 135 Å². The van der Waals surface area contributed by atoms with Crippen molar-refractivity contribution in [2.45, 2.75) is 155 Å². The van der Waals surface area contributed by atoms with Crippen molar-refractivity contribution in [1.29, 1.82) is 0 Å². The van der Waals surface area contributed by atoms with E-state index in [1.807, 2.05) is 0 Å². The minimum Gasteiger partial charge on any atom is -0.328 e. The molecule has 0 aromatic carbocycles. The van der Waals surface area contributed by atoms with Crippen molar-refractivity contribution in [3.63, 3.8) is 0 Å². The lowest BCUT2D eigenvalue weighted by atomic mass is 10.0. The van der Waals surface area contributed by atoms with Crippen LogP contribution in [0.5, 0.6) is 0 Å². The van der Waals surface area contributed by atoms with Gasteiger partial charge in [-0.05, 0) is 12.8 Å². The van der Waals surface area contributed by atoms with E-state index >= 15 is 0 Å². The Bertz CT molecular complexity index is 519. The zero-order chi connectivity index (χ0) is 25.4. The first kappa shape index (κ1) is 33.9. The van der Waals surface area contributed by atoms with Gasteiger partial charge < -0.3 is 4.48 Å². The van der Waals surface area contributed by atoms with E-state index < -0.39 is 10.1 Å². The van der Waals surface area contributed by atoms with Crippen molar-refractivity contribution in [1.82, 2.24) is 0 Å². The third kappa shape index (κ3) is 28.1. The highest BCUT2D eigenvalue weighted by Crippen LogP contribution is 2.15. The van der Waals surface area contributed by atoms with Crippen LogP contribution in [-0.2, 0) is 10.1 Å². The molecule has 0 bridgehead atoms. The quantitative estimate of drug-likeness (QED) is 0.0690. The van der Waals surface area contributed by atoms with Gasteiger partial charge in [0, 0.05) is 6.42 Å². The van der Waals surface area contributed by atoms with Gasteiger partial charge >= 0.3 is 0 Å². The van der Waals surface area contributed by atoms with Gasteiger partial charge in [0.15, 0.2) is 0 Å². The van der Waals surface area contributed by atoms with Crippen molar-refractivity contribution < 1.29 is 17.5 Å². The number of unbranched alkanes of at least 4 members (excludes halogenated alkanes) is 21. The predicted molar refractivity (Wildman–Crippen MR) is 150 cm³/mol. The van der Waals surface area contributed by atoms with E-state index in [1.165, 1.54) is 141 Å². The summed E-state index contributed by atoms with van der Waals surface area (Å²) < 4.78 is 31.3. The van der Waals surface area contributed by atoms with Crippen LogP contribution in [0.25, 0.3) is 0 Å². The second kappa shape index (κ2) is 23.3. The first-order valence-electron chi connectivity index (χ1n) is 15.0. The molecule has 0 aliphatic heterocycles. The van der Waals surface area contributed by atoms with Gasteiger partial charge in [0.2, 0.25) is 0 Å². The Morgan fingerprint density at radius 1 is 0.471 bits per heavy atom. The van der Waals surface area contributed by atoms with E-state index in [0.717, 1.165) is 17.6 Å². The summed E-state index contributed by atoms with van der Waals surface area (Å²) in [6, 6.07) is 0. The van der Waals surface area contributed by atoms with E-state index in [4.69, 9.17) is 4.55 Å². The van der Waals surface area contributed by atoms with Crippen LogP contribution < -0.4 is 0 Å². The van der Waals surface area contributed by atoms with Gasteiger partial charge in [-0.3, -0.25) is 4.55 Å². The fourth-order valence-corrected chi connectivity index (χ4v) is 5.43. The number of nitrogens with zero attached hydrogens (tertiary/aromatic N) is 1.